The molecule has 0 bridgehead atoms. The summed E-state index contributed by atoms with van der Waals surface area (Å²) in [5, 5.41) is 2.79. The van der Waals surface area contributed by atoms with Gasteiger partial charge in [-0.25, -0.2) is 0 Å². The summed E-state index contributed by atoms with van der Waals surface area (Å²) < 4.78 is 5.49. The molecule has 3 N–H and O–H groups in total. The number of rotatable bonds is 3. The maximum absolute atomic E-state index is 11.8. The van der Waals surface area contributed by atoms with Crippen LogP contribution in [0.4, 0.5) is 0 Å². The number of carbonyl (C=O) groups is 1. The zero-order valence-electron chi connectivity index (χ0n) is 10.0. The number of nitrogens with one attached hydrogen (secondary N) is 1. The first-order valence-electron chi connectivity index (χ1n) is 6.03. The Balaban J connectivity index is 2.31. The fourth-order valence-electron chi connectivity index (χ4n) is 1.98. The van der Waals surface area contributed by atoms with Crippen LogP contribution in [0.15, 0.2) is 18.2 Å². The average molecular weight is 234 g/mol. The number of hydrogen-bond donors (Lipinski definition) is 2. The average Bonchev–Trinajstić information content (AvgIpc) is 2.51. The van der Waals surface area contributed by atoms with E-state index in [1.165, 1.54) is 0 Å². The van der Waals surface area contributed by atoms with Crippen LogP contribution in [0.5, 0.6) is 5.75 Å². The second kappa shape index (κ2) is 5.19. The van der Waals surface area contributed by atoms with E-state index in [2.05, 4.69) is 12.2 Å². The number of fused-ring (bicyclic) bond motifs is 1. The van der Waals surface area contributed by atoms with E-state index in [1.807, 2.05) is 18.2 Å². The van der Waals surface area contributed by atoms with E-state index in [9.17, 15) is 4.79 Å². The molecule has 4 heteroatoms. The lowest BCUT2D eigenvalue weighted by molar-refractivity contribution is 0.0957. The van der Waals surface area contributed by atoms with E-state index in [1.54, 1.807) is 0 Å². The molecule has 1 heterocycles. The van der Waals surface area contributed by atoms with Crippen molar-refractivity contribution < 1.29 is 9.53 Å². The molecule has 0 spiro atoms. The molecule has 0 radical (unpaired) electrons. The summed E-state index contributed by atoms with van der Waals surface area (Å²) in [7, 11) is 0. The number of benzene rings is 1. The first-order chi connectivity index (χ1) is 8.22. The van der Waals surface area contributed by atoms with Crippen molar-refractivity contribution in [2.45, 2.75) is 25.8 Å². The van der Waals surface area contributed by atoms with Crippen molar-refractivity contribution in [3.8, 4) is 5.75 Å². The highest BCUT2D eigenvalue weighted by Gasteiger charge is 2.18. The fourth-order valence-corrected chi connectivity index (χ4v) is 1.98. The van der Waals surface area contributed by atoms with Gasteiger partial charge in [0.1, 0.15) is 12.4 Å². The lowest BCUT2D eigenvalue weighted by atomic mass is 10.00. The van der Waals surface area contributed by atoms with Gasteiger partial charge in [-0.15, -0.1) is 0 Å². The van der Waals surface area contributed by atoms with Crippen molar-refractivity contribution in [1.82, 2.24) is 5.32 Å². The molecule has 0 aliphatic carbocycles. The minimum Gasteiger partial charge on any atom is -0.491 e. The predicted octanol–water partition coefficient (Wildman–Crippen LogP) is 1.61. The molecule has 1 amide bonds. The fraction of sp³-hybridized carbons (Fsp3) is 0.462. The smallest absolute Gasteiger partial charge is 0.255 e. The molecular formula is C13H18N2O2. The Morgan fingerprint density at radius 3 is 3.12 bits per heavy atom. The summed E-state index contributed by atoms with van der Waals surface area (Å²) in [4.78, 5) is 11.8. The molecule has 0 saturated heterocycles. The Bertz CT molecular complexity index is 418. The van der Waals surface area contributed by atoms with E-state index in [0.717, 1.165) is 18.4 Å². The van der Waals surface area contributed by atoms with E-state index in [0.29, 0.717) is 24.5 Å². The molecule has 92 valence electrons. The quantitative estimate of drug-likeness (QED) is 0.835. The normalized spacial score (nSPS) is 16.5. The Morgan fingerprint density at radius 2 is 2.35 bits per heavy atom. The van der Waals surface area contributed by atoms with Gasteiger partial charge in [-0.05, 0) is 24.1 Å². The summed E-state index contributed by atoms with van der Waals surface area (Å²) >= 11 is 0. The van der Waals surface area contributed by atoms with Crippen molar-refractivity contribution in [2.75, 3.05) is 13.2 Å². The zero-order chi connectivity index (χ0) is 12.3. The summed E-state index contributed by atoms with van der Waals surface area (Å²) in [6, 6.07) is 5.61. The number of amides is 1. The van der Waals surface area contributed by atoms with E-state index in [-0.39, 0.29) is 11.9 Å². The standard InChI is InChI=1S/C13H18N2O2/c1-2-3-11(14)9-4-5-12-10(8-9)13(16)15-6-7-17-12/h4-5,8,11H,2-3,6-7,14H2,1H3,(H,15,16). The molecule has 0 aromatic heterocycles. The van der Waals surface area contributed by atoms with Crippen LogP contribution < -0.4 is 15.8 Å². The van der Waals surface area contributed by atoms with Crippen LogP contribution in [-0.2, 0) is 0 Å². The first-order valence-corrected chi connectivity index (χ1v) is 6.03. The molecule has 17 heavy (non-hydrogen) atoms. The van der Waals surface area contributed by atoms with Gasteiger partial charge in [-0.3, -0.25) is 4.79 Å². The molecule has 4 nitrogen and oxygen atoms in total. The molecular weight excluding hydrogens is 216 g/mol. The van der Waals surface area contributed by atoms with Gasteiger partial charge in [-0.2, -0.15) is 0 Å². The number of ether oxygens (including phenoxy) is 1. The van der Waals surface area contributed by atoms with Crippen molar-refractivity contribution in [3.63, 3.8) is 0 Å². The van der Waals surface area contributed by atoms with Gasteiger partial charge < -0.3 is 15.8 Å². The van der Waals surface area contributed by atoms with Crippen molar-refractivity contribution in [1.29, 1.82) is 0 Å². The highest BCUT2D eigenvalue weighted by atomic mass is 16.5. The van der Waals surface area contributed by atoms with Crippen LogP contribution in [0.3, 0.4) is 0 Å². The van der Waals surface area contributed by atoms with Gasteiger partial charge >= 0.3 is 0 Å². The minimum atomic E-state index is -0.0805. The van der Waals surface area contributed by atoms with Gasteiger partial charge in [0, 0.05) is 6.04 Å². The van der Waals surface area contributed by atoms with Crippen LogP contribution in [0.25, 0.3) is 0 Å². The summed E-state index contributed by atoms with van der Waals surface area (Å²) in [6.45, 7) is 3.15. The highest BCUT2D eigenvalue weighted by molar-refractivity contribution is 5.97. The zero-order valence-corrected chi connectivity index (χ0v) is 10.0. The summed E-state index contributed by atoms with van der Waals surface area (Å²) in [5.41, 5.74) is 7.63. The Labute approximate surface area is 101 Å². The highest BCUT2D eigenvalue weighted by Crippen LogP contribution is 2.25. The number of carbonyl (C=O) groups excluding carboxylic acids is 1. The molecule has 1 aromatic carbocycles. The predicted molar refractivity (Wildman–Crippen MR) is 66.1 cm³/mol. The lowest BCUT2D eigenvalue weighted by Gasteiger charge is -2.13. The topological polar surface area (TPSA) is 64.4 Å². The SMILES string of the molecule is CCCC(N)c1ccc2c(c1)C(=O)NCCO2. The number of nitrogens with two attached hydrogens (primary N) is 1. The summed E-state index contributed by atoms with van der Waals surface area (Å²) in [5.74, 6) is 0.565. The molecule has 0 fully saturated rings. The Kier molecular flexibility index (Phi) is 3.64. The molecule has 1 aromatic rings. The molecule has 1 aliphatic rings. The molecule has 1 aliphatic heterocycles. The minimum absolute atomic E-state index is 0.0126. The van der Waals surface area contributed by atoms with E-state index < -0.39 is 0 Å². The van der Waals surface area contributed by atoms with Gasteiger partial charge in [0.05, 0.1) is 12.1 Å². The second-order valence-electron chi connectivity index (χ2n) is 4.26. The van der Waals surface area contributed by atoms with Crippen molar-refractivity contribution in [3.05, 3.63) is 29.3 Å². The molecule has 1 unspecified atom stereocenters. The van der Waals surface area contributed by atoms with Crippen LogP contribution in [0, 0.1) is 0 Å². The molecule has 0 saturated carbocycles. The van der Waals surface area contributed by atoms with Gasteiger partial charge in [0.15, 0.2) is 0 Å². The third kappa shape index (κ3) is 2.58. The van der Waals surface area contributed by atoms with Crippen LogP contribution >= 0.6 is 0 Å². The number of hydrogen-bond acceptors (Lipinski definition) is 3. The third-order valence-corrected chi connectivity index (χ3v) is 2.92. The summed E-state index contributed by atoms with van der Waals surface area (Å²) in [6.07, 6.45) is 1.95. The lowest BCUT2D eigenvalue weighted by Crippen LogP contribution is -2.24. The molecule has 1 atom stereocenters. The van der Waals surface area contributed by atoms with E-state index >= 15 is 0 Å². The van der Waals surface area contributed by atoms with Gasteiger partial charge in [0.2, 0.25) is 0 Å². The monoisotopic (exact) mass is 234 g/mol. The first kappa shape index (κ1) is 11.9. The van der Waals surface area contributed by atoms with Crippen LogP contribution in [0.1, 0.15) is 41.7 Å². The Hall–Kier alpha value is -1.55. The second-order valence-corrected chi connectivity index (χ2v) is 4.26. The van der Waals surface area contributed by atoms with Crippen molar-refractivity contribution >= 4 is 5.91 Å². The van der Waals surface area contributed by atoms with Gasteiger partial charge in [0.25, 0.3) is 5.91 Å². The third-order valence-electron chi connectivity index (χ3n) is 2.92. The van der Waals surface area contributed by atoms with E-state index in [4.69, 9.17) is 10.5 Å². The van der Waals surface area contributed by atoms with Crippen molar-refractivity contribution in [2.24, 2.45) is 5.73 Å². The Morgan fingerprint density at radius 1 is 1.53 bits per heavy atom. The van der Waals surface area contributed by atoms with Gasteiger partial charge in [-0.1, -0.05) is 19.4 Å². The maximum atomic E-state index is 11.8. The van der Waals surface area contributed by atoms with Crippen LogP contribution in [0.2, 0.25) is 0 Å². The molecule has 2 rings (SSSR count). The van der Waals surface area contributed by atoms with Crippen LogP contribution in [-0.4, -0.2) is 19.1 Å². The maximum Gasteiger partial charge on any atom is 0.255 e. The largest absolute Gasteiger partial charge is 0.491 e.